The van der Waals surface area contributed by atoms with Gasteiger partial charge in [-0.1, -0.05) is 25.7 Å². The van der Waals surface area contributed by atoms with Gasteiger partial charge in [-0.15, -0.1) is 0 Å². The number of carbonyl (C=O) groups is 3. The number of benzene rings is 1. The van der Waals surface area contributed by atoms with Crippen molar-refractivity contribution in [1.29, 1.82) is 0 Å². The summed E-state index contributed by atoms with van der Waals surface area (Å²) < 4.78 is 5.57. The zero-order valence-corrected chi connectivity index (χ0v) is 20.6. The number of nitrogens with zero attached hydrogens (tertiary/aromatic N) is 1. The summed E-state index contributed by atoms with van der Waals surface area (Å²) in [6.45, 7) is 3.80. The van der Waals surface area contributed by atoms with Crippen molar-refractivity contribution < 1.29 is 24.2 Å². The highest BCUT2D eigenvalue weighted by Crippen LogP contribution is 2.28. The van der Waals surface area contributed by atoms with Crippen LogP contribution < -0.4 is 20.7 Å². The van der Waals surface area contributed by atoms with Gasteiger partial charge < -0.3 is 30.7 Å². The van der Waals surface area contributed by atoms with E-state index in [2.05, 4.69) is 20.9 Å². The molecule has 194 valence electrons. The fraction of sp³-hybridized carbons (Fsp3) is 0.654. The molecule has 1 aromatic carbocycles. The molecule has 1 saturated carbocycles. The molecule has 1 saturated heterocycles. The molecule has 2 amide bonds. The molecule has 2 aliphatic rings. The number of carboxylic acids is 1. The summed E-state index contributed by atoms with van der Waals surface area (Å²) in [5.74, 6) is 0.00992. The van der Waals surface area contributed by atoms with Crippen LogP contribution in [0.2, 0.25) is 0 Å². The van der Waals surface area contributed by atoms with Gasteiger partial charge in [-0.05, 0) is 69.0 Å². The van der Waals surface area contributed by atoms with E-state index in [1.54, 1.807) is 24.3 Å². The standard InChI is InChI=1S/C26H40N4O5/c31-23(14-9-20-6-1-2-7-20)29-25(26(34)27-15-18-30-16-3-4-17-30)28-21-10-12-22(13-11-21)35-19-5-8-24(32)33/h10-13,20,25,28H,1-9,14-19H2,(H,27,34)(H,29,31)(H,32,33). The Hall–Kier alpha value is -2.81. The predicted molar refractivity (Wildman–Crippen MR) is 134 cm³/mol. The summed E-state index contributed by atoms with van der Waals surface area (Å²) in [5.41, 5.74) is 0.679. The lowest BCUT2D eigenvalue weighted by Gasteiger charge is -2.22. The van der Waals surface area contributed by atoms with Crippen molar-refractivity contribution in [3.63, 3.8) is 0 Å². The number of anilines is 1. The van der Waals surface area contributed by atoms with Crippen molar-refractivity contribution in [2.24, 2.45) is 5.92 Å². The van der Waals surface area contributed by atoms with E-state index in [1.165, 1.54) is 38.5 Å². The number of hydrogen-bond donors (Lipinski definition) is 4. The molecule has 0 aromatic heterocycles. The van der Waals surface area contributed by atoms with Crippen LogP contribution in [0, 0.1) is 5.92 Å². The molecule has 1 aromatic rings. The number of likely N-dealkylation sites (tertiary alicyclic amines) is 1. The van der Waals surface area contributed by atoms with E-state index in [0.29, 0.717) is 43.3 Å². The van der Waals surface area contributed by atoms with E-state index in [4.69, 9.17) is 9.84 Å². The van der Waals surface area contributed by atoms with Gasteiger partial charge in [0.05, 0.1) is 6.61 Å². The number of ether oxygens (including phenoxy) is 1. The van der Waals surface area contributed by atoms with E-state index in [0.717, 1.165) is 26.1 Å². The first-order valence-electron chi connectivity index (χ1n) is 13.0. The first-order valence-corrected chi connectivity index (χ1v) is 13.0. The quantitative estimate of drug-likeness (QED) is 0.221. The molecule has 1 unspecified atom stereocenters. The third-order valence-corrected chi connectivity index (χ3v) is 6.72. The van der Waals surface area contributed by atoms with Crippen molar-refractivity contribution in [3.05, 3.63) is 24.3 Å². The second-order valence-electron chi connectivity index (χ2n) is 9.54. The molecule has 1 aliphatic carbocycles. The zero-order valence-electron chi connectivity index (χ0n) is 20.6. The summed E-state index contributed by atoms with van der Waals surface area (Å²) in [6.07, 6.45) is 8.19. The van der Waals surface area contributed by atoms with Gasteiger partial charge in [0.15, 0.2) is 6.17 Å². The van der Waals surface area contributed by atoms with Gasteiger partial charge in [-0.25, -0.2) is 0 Å². The minimum Gasteiger partial charge on any atom is -0.494 e. The topological polar surface area (TPSA) is 120 Å². The van der Waals surface area contributed by atoms with E-state index in [-0.39, 0.29) is 18.2 Å². The van der Waals surface area contributed by atoms with Crippen LogP contribution in [0.15, 0.2) is 24.3 Å². The lowest BCUT2D eigenvalue weighted by atomic mass is 10.0. The molecule has 2 fully saturated rings. The average molecular weight is 489 g/mol. The largest absolute Gasteiger partial charge is 0.494 e. The van der Waals surface area contributed by atoms with Crippen molar-refractivity contribution in [1.82, 2.24) is 15.5 Å². The number of nitrogens with one attached hydrogen (secondary N) is 3. The number of amides is 2. The van der Waals surface area contributed by atoms with Gasteiger partial charge in [-0.2, -0.15) is 0 Å². The third-order valence-electron chi connectivity index (χ3n) is 6.72. The predicted octanol–water partition coefficient (Wildman–Crippen LogP) is 2.97. The van der Waals surface area contributed by atoms with Crippen LogP contribution in [-0.4, -0.2) is 66.7 Å². The van der Waals surface area contributed by atoms with E-state index < -0.39 is 12.1 Å². The van der Waals surface area contributed by atoms with Crippen molar-refractivity contribution in [2.75, 3.05) is 38.1 Å². The molecule has 4 N–H and O–H groups in total. The van der Waals surface area contributed by atoms with Gasteiger partial charge in [-0.3, -0.25) is 14.4 Å². The smallest absolute Gasteiger partial charge is 0.303 e. The van der Waals surface area contributed by atoms with Gasteiger partial charge in [0.2, 0.25) is 5.91 Å². The maximum Gasteiger partial charge on any atom is 0.303 e. The molecular formula is C26H40N4O5. The minimum atomic E-state index is -0.869. The Bertz CT molecular complexity index is 804. The third kappa shape index (κ3) is 10.1. The van der Waals surface area contributed by atoms with Gasteiger partial charge in [0, 0.05) is 31.6 Å². The lowest BCUT2D eigenvalue weighted by molar-refractivity contribution is -0.137. The Kier molecular flexibility index (Phi) is 11.1. The number of rotatable bonds is 15. The fourth-order valence-electron chi connectivity index (χ4n) is 4.71. The molecule has 1 atom stereocenters. The normalized spacial score (nSPS) is 17.1. The molecule has 1 aliphatic heterocycles. The Morgan fingerprint density at radius 3 is 2.43 bits per heavy atom. The van der Waals surface area contributed by atoms with Gasteiger partial charge in [0.25, 0.3) is 5.91 Å². The maximum absolute atomic E-state index is 12.9. The summed E-state index contributed by atoms with van der Waals surface area (Å²) in [4.78, 5) is 38.5. The van der Waals surface area contributed by atoms with Crippen LogP contribution in [-0.2, 0) is 14.4 Å². The molecule has 9 nitrogen and oxygen atoms in total. The number of hydrogen-bond acceptors (Lipinski definition) is 6. The van der Waals surface area contributed by atoms with Crippen molar-refractivity contribution >= 4 is 23.5 Å². The zero-order chi connectivity index (χ0) is 24.9. The van der Waals surface area contributed by atoms with Crippen LogP contribution in [0.4, 0.5) is 5.69 Å². The summed E-state index contributed by atoms with van der Waals surface area (Å²) >= 11 is 0. The van der Waals surface area contributed by atoms with Crippen molar-refractivity contribution in [2.45, 2.75) is 70.4 Å². The highest BCUT2D eigenvalue weighted by Gasteiger charge is 2.22. The van der Waals surface area contributed by atoms with Gasteiger partial charge in [0.1, 0.15) is 5.75 Å². The maximum atomic E-state index is 12.9. The van der Waals surface area contributed by atoms with Crippen molar-refractivity contribution in [3.8, 4) is 5.75 Å². The lowest BCUT2D eigenvalue weighted by Crippen LogP contribution is -2.52. The second kappa shape index (κ2) is 14.6. The van der Waals surface area contributed by atoms with Crippen LogP contribution in [0.1, 0.15) is 64.2 Å². The molecule has 9 heteroatoms. The average Bonchev–Trinajstić information content (AvgIpc) is 3.55. The molecular weight excluding hydrogens is 448 g/mol. The molecule has 3 rings (SSSR count). The Balaban J connectivity index is 1.50. The summed E-state index contributed by atoms with van der Waals surface area (Å²) in [7, 11) is 0. The molecule has 1 heterocycles. The Morgan fingerprint density at radius 1 is 1.03 bits per heavy atom. The van der Waals surface area contributed by atoms with Gasteiger partial charge >= 0.3 is 5.97 Å². The first kappa shape index (κ1) is 26.8. The van der Waals surface area contributed by atoms with E-state index in [9.17, 15) is 14.4 Å². The van der Waals surface area contributed by atoms with Crippen LogP contribution in [0.5, 0.6) is 5.75 Å². The van der Waals surface area contributed by atoms with Crippen LogP contribution in [0.3, 0.4) is 0 Å². The van der Waals surface area contributed by atoms with E-state index in [1.807, 2.05) is 0 Å². The molecule has 35 heavy (non-hydrogen) atoms. The van der Waals surface area contributed by atoms with E-state index >= 15 is 0 Å². The Labute approximate surface area is 208 Å². The highest BCUT2D eigenvalue weighted by atomic mass is 16.5. The number of carbonyl (C=O) groups excluding carboxylic acids is 2. The first-order chi connectivity index (χ1) is 17.0. The second-order valence-corrected chi connectivity index (χ2v) is 9.54. The molecule has 0 spiro atoms. The number of carboxylic acid groups (broad SMARTS) is 1. The monoisotopic (exact) mass is 488 g/mol. The van der Waals surface area contributed by atoms with Crippen LogP contribution in [0.25, 0.3) is 0 Å². The highest BCUT2D eigenvalue weighted by molar-refractivity contribution is 5.89. The fourth-order valence-corrected chi connectivity index (χ4v) is 4.71. The summed E-state index contributed by atoms with van der Waals surface area (Å²) in [5, 5.41) is 17.7. The summed E-state index contributed by atoms with van der Waals surface area (Å²) in [6, 6.07) is 7.07. The SMILES string of the molecule is O=C(O)CCCOc1ccc(NC(NC(=O)CCC2CCCC2)C(=O)NCCN2CCCC2)cc1. The Morgan fingerprint density at radius 2 is 1.74 bits per heavy atom. The number of aliphatic carboxylic acids is 1. The molecule has 0 bridgehead atoms. The van der Waals surface area contributed by atoms with Crippen LogP contribution >= 0.6 is 0 Å². The molecule has 0 radical (unpaired) electrons. The minimum absolute atomic E-state index is 0.0641.